The number of piperidine rings is 1. The van der Waals surface area contributed by atoms with Gasteiger partial charge in [-0.05, 0) is 30.9 Å². The standard InChI is InChI=1S/C20H30N4O3.ClH/c1-27-20(26)16-17-4-10-24(11-5-17)19(25)6-9-22-12-14-23(15-13-22)18-2-7-21-8-3-18;/h2-3,7-8,17H,4-6,9-16H2,1H3;1H. The van der Waals surface area contributed by atoms with Crippen LogP contribution >= 0.6 is 12.4 Å². The van der Waals surface area contributed by atoms with Crippen LogP contribution in [0.25, 0.3) is 0 Å². The second kappa shape index (κ2) is 11.2. The zero-order valence-corrected chi connectivity index (χ0v) is 17.4. The Hall–Kier alpha value is -1.86. The fourth-order valence-corrected chi connectivity index (χ4v) is 3.90. The third-order valence-electron chi connectivity index (χ3n) is 5.69. The SMILES string of the molecule is COC(=O)CC1CCN(C(=O)CCN2CCN(c3ccncc3)CC2)CC1.Cl. The molecule has 3 rings (SSSR count). The Balaban J connectivity index is 0.00000280. The maximum atomic E-state index is 12.5. The molecule has 0 saturated carbocycles. The number of ether oxygens (including phenoxy) is 1. The lowest BCUT2D eigenvalue weighted by molar-refractivity contribution is -0.142. The highest BCUT2D eigenvalue weighted by Gasteiger charge is 2.25. The maximum absolute atomic E-state index is 12.5. The molecule has 0 unspecified atom stereocenters. The maximum Gasteiger partial charge on any atom is 0.305 e. The van der Waals surface area contributed by atoms with Crippen LogP contribution in [-0.2, 0) is 14.3 Å². The summed E-state index contributed by atoms with van der Waals surface area (Å²) in [5.74, 6) is 0.441. The lowest BCUT2D eigenvalue weighted by atomic mass is 9.93. The number of carbonyl (C=O) groups is 2. The van der Waals surface area contributed by atoms with Gasteiger partial charge in [-0.25, -0.2) is 0 Å². The molecule has 3 heterocycles. The molecule has 156 valence electrons. The molecule has 0 aromatic carbocycles. The minimum absolute atomic E-state index is 0. The molecule has 0 radical (unpaired) electrons. The minimum atomic E-state index is -0.148. The predicted octanol–water partition coefficient (Wildman–Crippen LogP) is 1.82. The summed E-state index contributed by atoms with van der Waals surface area (Å²) in [6.07, 6.45) is 6.50. The molecule has 1 amide bonds. The quantitative estimate of drug-likeness (QED) is 0.666. The topological polar surface area (TPSA) is 66.0 Å². The fraction of sp³-hybridized carbons (Fsp3) is 0.650. The first-order chi connectivity index (χ1) is 13.2. The van der Waals surface area contributed by atoms with E-state index in [4.69, 9.17) is 4.74 Å². The number of carbonyl (C=O) groups excluding carboxylic acids is 2. The van der Waals surface area contributed by atoms with E-state index >= 15 is 0 Å². The normalized spacial score (nSPS) is 18.5. The number of hydrogen-bond donors (Lipinski definition) is 0. The average Bonchev–Trinajstić information content (AvgIpc) is 2.73. The molecular formula is C20H31ClN4O3. The van der Waals surface area contributed by atoms with Crippen molar-refractivity contribution in [3.63, 3.8) is 0 Å². The van der Waals surface area contributed by atoms with E-state index in [1.165, 1.54) is 12.8 Å². The first kappa shape index (κ1) is 22.4. The third kappa shape index (κ3) is 6.34. The van der Waals surface area contributed by atoms with Crippen molar-refractivity contribution < 1.29 is 14.3 Å². The number of aromatic nitrogens is 1. The lowest BCUT2D eigenvalue weighted by Crippen LogP contribution is -2.47. The molecular weight excluding hydrogens is 380 g/mol. The van der Waals surface area contributed by atoms with E-state index in [1.54, 1.807) is 0 Å². The van der Waals surface area contributed by atoms with Crippen molar-refractivity contribution in [1.29, 1.82) is 0 Å². The van der Waals surface area contributed by atoms with Gasteiger partial charge in [0.1, 0.15) is 0 Å². The van der Waals surface area contributed by atoms with Gasteiger partial charge in [0.05, 0.1) is 7.11 Å². The van der Waals surface area contributed by atoms with Gasteiger partial charge in [0, 0.05) is 76.7 Å². The summed E-state index contributed by atoms with van der Waals surface area (Å²) < 4.78 is 4.74. The Morgan fingerprint density at radius 1 is 1.07 bits per heavy atom. The first-order valence-electron chi connectivity index (χ1n) is 9.87. The number of nitrogens with zero attached hydrogens (tertiary/aromatic N) is 4. The van der Waals surface area contributed by atoms with E-state index < -0.39 is 0 Å². The Labute approximate surface area is 173 Å². The number of halogens is 1. The number of amides is 1. The van der Waals surface area contributed by atoms with Crippen LogP contribution in [0, 0.1) is 5.92 Å². The Morgan fingerprint density at radius 2 is 1.71 bits per heavy atom. The van der Waals surface area contributed by atoms with Gasteiger partial charge in [0.2, 0.25) is 5.91 Å². The van der Waals surface area contributed by atoms with Crippen LogP contribution in [0.5, 0.6) is 0 Å². The van der Waals surface area contributed by atoms with Crippen LogP contribution in [0.2, 0.25) is 0 Å². The lowest BCUT2D eigenvalue weighted by Gasteiger charge is -2.36. The highest BCUT2D eigenvalue weighted by molar-refractivity contribution is 5.85. The van der Waals surface area contributed by atoms with Gasteiger partial charge < -0.3 is 14.5 Å². The summed E-state index contributed by atoms with van der Waals surface area (Å²) >= 11 is 0. The van der Waals surface area contributed by atoms with E-state index in [-0.39, 0.29) is 24.3 Å². The highest BCUT2D eigenvalue weighted by Crippen LogP contribution is 2.21. The number of piperazine rings is 1. The molecule has 2 aliphatic heterocycles. The largest absolute Gasteiger partial charge is 0.469 e. The second-order valence-corrected chi connectivity index (χ2v) is 7.39. The zero-order valence-electron chi connectivity index (χ0n) is 16.6. The van der Waals surface area contributed by atoms with Gasteiger partial charge in [0.15, 0.2) is 0 Å². The Morgan fingerprint density at radius 3 is 2.32 bits per heavy atom. The highest BCUT2D eigenvalue weighted by atomic mass is 35.5. The van der Waals surface area contributed by atoms with Crippen molar-refractivity contribution in [2.24, 2.45) is 5.92 Å². The van der Waals surface area contributed by atoms with Gasteiger partial charge in [-0.1, -0.05) is 0 Å². The van der Waals surface area contributed by atoms with E-state index in [1.807, 2.05) is 29.4 Å². The first-order valence-corrected chi connectivity index (χ1v) is 9.87. The zero-order chi connectivity index (χ0) is 19.1. The molecule has 0 atom stereocenters. The number of methoxy groups -OCH3 is 1. The van der Waals surface area contributed by atoms with Gasteiger partial charge in [-0.2, -0.15) is 0 Å². The van der Waals surface area contributed by atoms with E-state index in [2.05, 4.69) is 14.8 Å². The van der Waals surface area contributed by atoms with Crippen LogP contribution in [0.3, 0.4) is 0 Å². The van der Waals surface area contributed by atoms with Crippen molar-refractivity contribution in [3.8, 4) is 0 Å². The van der Waals surface area contributed by atoms with Crippen LogP contribution in [0.1, 0.15) is 25.7 Å². The van der Waals surface area contributed by atoms with Crippen molar-refractivity contribution in [2.45, 2.75) is 25.7 Å². The van der Waals surface area contributed by atoms with Gasteiger partial charge in [-0.15, -0.1) is 12.4 Å². The van der Waals surface area contributed by atoms with Crippen molar-refractivity contribution >= 4 is 30.0 Å². The molecule has 1 aromatic rings. The molecule has 2 saturated heterocycles. The van der Waals surface area contributed by atoms with E-state index in [9.17, 15) is 9.59 Å². The predicted molar refractivity (Wildman–Crippen MR) is 111 cm³/mol. The summed E-state index contributed by atoms with van der Waals surface area (Å²) in [6, 6.07) is 4.09. The van der Waals surface area contributed by atoms with Crippen molar-refractivity contribution in [1.82, 2.24) is 14.8 Å². The van der Waals surface area contributed by atoms with Crippen LogP contribution < -0.4 is 4.90 Å². The fourth-order valence-electron chi connectivity index (χ4n) is 3.90. The van der Waals surface area contributed by atoms with Crippen molar-refractivity contribution in [3.05, 3.63) is 24.5 Å². The monoisotopic (exact) mass is 410 g/mol. The molecule has 1 aromatic heterocycles. The molecule has 7 nitrogen and oxygen atoms in total. The average molecular weight is 411 g/mol. The van der Waals surface area contributed by atoms with Gasteiger partial charge >= 0.3 is 5.97 Å². The molecule has 0 aliphatic carbocycles. The summed E-state index contributed by atoms with van der Waals surface area (Å²) in [5, 5.41) is 0. The van der Waals surface area contributed by atoms with Crippen LogP contribution in [-0.4, -0.2) is 79.6 Å². The van der Waals surface area contributed by atoms with Crippen molar-refractivity contribution in [2.75, 3.05) is 57.8 Å². The van der Waals surface area contributed by atoms with Gasteiger partial charge in [0.25, 0.3) is 0 Å². The summed E-state index contributed by atoms with van der Waals surface area (Å²) in [7, 11) is 1.43. The van der Waals surface area contributed by atoms with Crippen LogP contribution in [0.15, 0.2) is 24.5 Å². The number of esters is 1. The number of anilines is 1. The molecule has 2 fully saturated rings. The number of hydrogen-bond acceptors (Lipinski definition) is 6. The van der Waals surface area contributed by atoms with E-state index in [0.29, 0.717) is 18.8 Å². The summed E-state index contributed by atoms with van der Waals surface area (Å²) in [6.45, 7) is 6.28. The second-order valence-electron chi connectivity index (χ2n) is 7.39. The molecule has 0 bridgehead atoms. The number of likely N-dealkylation sites (tertiary alicyclic amines) is 1. The molecule has 2 aliphatic rings. The summed E-state index contributed by atoms with van der Waals surface area (Å²) in [5.41, 5.74) is 1.22. The third-order valence-corrected chi connectivity index (χ3v) is 5.69. The molecule has 28 heavy (non-hydrogen) atoms. The number of pyridine rings is 1. The van der Waals surface area contributed by atoms with Gasteiger partial charge in [-0.3, -0.25) is 19.5 Å². The minimum Gasteiger partial charge on any atom is -0.469 e. The molecule has 8 heteroatoms. The molecule has 0 N–H and O–H groups in total. The van der Waals surface area contributed by atoms with Crippen LogP contribution in [0.4, 0.5) is 5.69 Å². The smallest absolute Gasteiger partial charge is 0.305 e. The number of rotatable bonds is 6. The Kier molecular flexibility index (Phi) is 8.99. The summed E-state index contributed by atoms with van der Waals surface area (Å²) in [4.78, 5) is 34.6. The molecule has 0 spiro atoms. The van der Waals surface area contributed by atoms with E-state index in [0.717, 1.165) is 58.7 Å². The Bertz CT molecular complexity index is 615.